The summed E-state index contributed by atoms with van der Waals surface area (Å²) in [4.78, 5) is 39.2. The van der Waals surface area contributed by atoms with Crippen molar-refractivity contribution in [2.24, 2.45) is 0 Å². The molecule has 12 nitrogen and oxygen atoms in total. The molecule has 1 N–H and O–H groups in total. The Balaban J connectivity index is 1.07. The molecule has 236 valence electrons. The number of piperidine rings is 1. The number of nitrogens with one attached hydrogen (secondary N) is 1. The number of hydroxylamine groups is 2. The minimum Gasteiger partial charge on any atom is -0.427 e. The molecule has 1 aliphatic rings. The standard InChI is InChI=1S/C34H36N8O4/c1-34(2,3)45-33(44)46-40-16-14-29(15-17-40)41-23-27(21-37-41)26-19-35-32(36-20-26)25-9-7-8-24(18-25)22-42-31(43)13-12-30(39-42)38-28-10-5-4-6-11-28/h4-13,18-21,23,29H,14-17,22H2,1-3H3,(H,38,39). The van der Waals surface area contributed by atoms with E-state index < -0.39 is 11.8 Å². The van der Waals surface area contributed by atoms with E-state index in [1.807, 2.05) is 92.4 Å². The number of para-hydroxylation sites is 1. The van der Waals surface area contributed by atoms with E-state index in [2.05, 4.69) is 25.5 Å². The summed E-state index contributed by atoms with van der Waals surface area (Å²) in [5.41, 5.74) is 3.62. The Labute approximate surface area is 266 Å². The van der Waals surface area contributed by atoms with Crippen LogP contribution in [-0.4, -0.2) is 59.4 Å². The zero-order chi connectivity index (χ0) is 32.1. The van der Waals surface area contributed by atoms with Crippen molar-refractivity contribution in [1.82, 2.24) is 34.6 Å². The topological polar surface area (TPSA) is 129 Å². The van der Waals surface area contributed by atoms with Crippen LogP contribution in [0.5, 0.6) is 0 Å². The lowest BCUT2D eigenvalue weighted by Gasteiger charge is -2.31. The average Bonchev–Trinajstić information content (AvgIpc) is 3.53. The molecule has 0 saturated carbocycles. The van der Waals surface area contributed by atoms with Crippen molar-refractivity contribution < 1.29 is 14.4 Å². The molecule has 0 aliphatic carbocycles. The van der Waals surface area contributed by atoms with Crippen molar-refractivity contribution >= 4 is 17.7 Å². The van der Waals surface area contributed by atoms with Crippen molar-refractivity contribution in [3.63, 3.8) is 0 Å². The first-order valence-corrected chi connectivity index (χ1v) is 15.2. The number of carbonyl (C=O) groups is 1. The van der Waals surface area contributed by atoms with Crippen LogP contribution in [0, 0.1) is 0 Å². The molecule has 0 spiro atoms. The van der Waals surface area contributed by atoms with Crippen molar-refractivity contribution in [3.8, 4) is 22.5 Å². The van der Waals surface area contributed by atoms with E-state index in [0.717, 1.165) is 40.8 Å². The highest BCUT2D eigenvalue weighted by Gasteiger charge is 2.26. The average molecular weight is 621 g/mol. The third-order valence-corrected chi connectivity index (χ3v) is 7.41. The molecule has 6 rings (SSSR count). The molecule has 0 radical (unpaired) electrons. The van der Waals surface area contributed by atoms with Crippen LogP contribution >= 0.6 is 0 Å². The molecule has 0 amide bonds. The summed E-state index contributed by atoms with van der Waals surface area (Å²) in [5, 5.41) is 14.0. The fourth-order valence-electron chi connectivity index (χ4n) is 5.16. The Hall–Kier alpha value is -5.36. The molecule has 0 bridgehead atoms. The summed E-state index contributed by atoms with van der Waals surface area (Å²) in [7, 11) is 0. The SMILES string of the molecule is CC(C)(C)OC(=O)ON1CCC(n2cc(-c3cnc(-c4cccc(Cn5nc(Nc6ccccc6)ccc5=O)c4)nc3)cn2)CC1. The summed E-state index contributed by atoms with van der Waals surface area (Å²) in [6, 6.07) is 20.8. The lowest BCUT2D eigenvalue weighted by Crippen LogP contribution is -2.38. The van der Waals surface area contributed by atoms with E-state index in [1.54, 1.807) is 23.5 Å². The smallest absolute Gasteiger partial charge is 0.427 e. The van der Waals surface area contributed by atoms with Crippen LogP contribution in [0.25, 0.3) is 22.5 Å². The number of carbonyl (C=O) groups excluding carboxylic acids is 1. The van der Waals surface area contributed by atoms with Gasteiger partial charge in [-0.15, -0.1) is 5.06 Å². The van der Waals surface area contributed by atoms with Crippen molar-refractivity contribution in [2.45, 2.75) is 51.8 Å². The van der Waals surface area contributed by atoms with Gasteiger partial charge in [0.15, 0.2) is 11.6 Å². The first-order chi connectivity index (χ1) is 22.2. The van der Waals surface area contributed by atoms with Crippen LogP contribution in [-0.2, 0) is 16.1 Å². The van der Waals surface area contributed by atoms with E-state index in [0.29, 0.717) is 31.3 Å². The molecule has 3 aromatic heterocycles. The monoisotopic (exact) mass is 620 g/mol. The largest absolute Gasteiger partial charge is 0.528 e. The predicted octanol–water partition coefficient (Wildman–Crippen LogP) is 5.86. The minimum absolute atomic E-state index is 0.187. The summed E-state index contributed by atoms with van der Waals surface area (Å²) in [6.45, 7) is 6.92. The first-order valence-electron chi connectivity index (χ1n) is 15.2. The molecule has 1 fully saturated rings. The number of nitrogens with zero attached hydrogens (tertiary/aromatic N) is 7. The van der Waals surface area contributed by atoms with Gasteiger partial charge >= 0.3 is 6.16 Å². The fourth-order valence-corrected chi connectivity index (χ4v) is 5.16. The zero-order valence-corrected chi connectivity index (χ0v) is 26.0. The predicted molar refractivity (Wildman–Crippen MR) is 173 cm³/mol. The maximum absolute atomic E-state index is 12.6. The lowest BCUT2D eigenvalue weighted by atomic mass is 10.1. The summed E-state index contributed by atoms with van der Waals surface area (Å²) < 4.78 is 8.64. The number of hydrogen-bond acceptors (Lipinski definition) is 10. The third-order valence-electron chi connectivity index (χ3n) is 7.41. The number of benzene rings is 2. The molecule has 1 saturated heterocycles. The van der Waals surface area contributed by atoms with E-state index in [1.165, 1.54) is 10.7 Å². The van der Waals surface area contributed by atoms with Crippen molar-refractivity contribution in [3.05, 3.63) is 107 Å². The number of anilines is 2. The number of hydrogen-bond donors (Lipinski definition) is 1. The third kappa shape index (κ3) is 7.83. The highest BCUT2D eigenvalue weighted by atomic mass is 16.8. The molecule has 46 heavy (non-hydrogen) atoms. The van der Waals surface area contributed by atoms with Crippen LogP contribution < -0.4 is 10.9 Å². The Morgan fingerprint density at radius 1 is 0.913 bits per heavy atom. The fraction of sp³-hybridized carbons (Fsp3) is 0.294. The van der Waals surface area contributed by atoms with Crippen LogP contribution in [0.1, 0.15) is 45.2 Å². The molecule has 0 atom stereocenters. The Bertz CT molecular complexity index is 1840. The Kier molecular flexibility index (Phi) is 8.88. The van der Waals surface area contributed by atoms with Crippen LogP contribution in [0.15, 0.2) is 96.3 Å². The Morgan fingerprint density at radius 3 is 2.41 bits per heavy atom. The van der Waals surface area contributed by atoms with E-state index in [4.69, 9.17) is 9.57 Å². The van der Waals surface area contributed by atoms with Gasteiger partial charge in [0.05, 0.1) is 18.8 Å². The maximum Gasteiger partial charge on any atom is 0.528 e. The second-order valence-electron chi connectivity index (χ2n) is 12.1. The number of rotatable bonds is 8. The van der Waals surface area contributed by atoms with Gasteiger partial charge in [-0.3, -0.25) is 9.48 Å². The van der Waals surface area contributed by atoms with Gasteiger partial charge in [-0.05, 0) is 63.4 Å². The summed E-state index contributed by atoms with van der Waals surface area (Å²) in [6.07, 6.45) is 8.28. The zero-order valence-electron chi connectivity index (χ0n) is 26.0. The highest BCUT2D eigenvalue weighted by Crippen LogP contribution is 2.26. The molecular formula is C34H36N8O4. The number of ether oxygens (including phenoxy) is 1. The van der Waals surface area contributed by atoms with E-state index in [-0.39, 0.29) is 11.6 Å². The van der Waals surface area contributed by atoms with Crippen molar-refractivity contribution in [1.29, 1.82) is 0 Å². The summed E-state index contributed by atoms with van der Waals surface area (Å²) >= 11 is 0. The van der Waals surface area contributed by atoms with Gasteiger partial charge in [-0.1, -0.05) is 36.4 Å². The van der Waals surface area contributed by atoms with Gasteiger partial charge in [0.25, 0.3) is 5.56 Å². The van der Waals surface area contributed by atoms with Gasteiger partial charge in [-0.25, -0.2) is 19.4 Å². The number of aromatic nitrogens is 6. The molecule has 0 unspecified atom stereocenters. The van der Waals surface area contributed by atoms with Gasteiger partial charge in [0.1, 0.15) is 5.60 Å². The molecule has 4 heterocycles. The molecule has 5 aromatic rings. The van der Waals surface area contributed by atoms with E-state index >= 15 is 0 Å². The molecule has 1 aliphatic heterocycles. The first kappa shape index (κ1) is 30.7. The van der Waals surface area contributed by atoms with Crippen LogP contribution in [0.2, 0.25) is 0 Å². The highest BCUT2D eigenvalue weighted by molar-refractivity contribution is 5.63. The van der Waals surface area contributed by atoms with Crippen LogP contribution in [0.3, 0.4) is 0 Å². The molecular weight excluding hydrogens is 584 g/mol. The van der Waals surface area contributed by atoms with Gasteiger partial charge in [-0.2, -0.15) is 10.2 Å². The minimum atomic E-state index is -0.683. The normalized spacial score (nSPS) is 14.2. The summed E-state index contributed by atoms with van der Waals surface area (Å²) in [5.74, 6) is 1.16. The van der Waals surface area contributed by atoms with E-state index in [9.17, 15) is 9.59 Å². The lowest BCUT2D eigenvalue weighted by molar-refractivity contribution is -0.154. The molecule has 12 heteroatoms. The van der Waals surface area contributed by atoms with Gasteiger partial charge < -0.3 is 14.9 Å². The van der Waals surface area contributed by atoms with Crippen LogP contribution in [0.4, 0.5) is 16.3 Å². The second kappa shape index (κ2) is 13.3. The van der Waals surface area contributed by atoms with Gasteiger partial charge in [0.2, 0.25) is 0 Å². The molecule has 2 aromatic carbocycles. The van der Waals surface area contributed by atoms with Gasteiger partial charge in [0, 0.05) is 60.1 Å². The second-order valence-corrected chi connectivity index (χ2v) is 12.1. The Morgan fingerprint density at radius 2 is 1.67 bits per heavy atom. The quantitative estimate of drug-likeness (QED) is 0.211. The van der Waals surface area contributed by atoms with Crippen molar-refractivity contribution in [2.75, 3.05) is 18.4 Å². The maximum atomic E-state index is 12.6.